The highest BCUT2D eigenvalue weighted by Crippen LogP contribution is 2.43. The molecular weight excluding hydrogens is 260 g/mol. The summed E-state index contributed by atoms with van der Waals surface area (Å²) in [7, 11) is 3.95. The van der Waals surface area contributed by atoms with E-state index < -0.39 is 0 Å². The van der Waals surface area contributed by atoms with Crippen molar-refractivity contribution in [3.63, 3.8) is 0 Å². The predicted molar refractivity (Wildman–Crippen MR) is 88.5 cm³/mol. The van der Waals surface area contributed by atoms with Crippen LogP contribution in [-0.4, -0.2) is 31.1 Å². The Labute approximate surface area is 129 Å². The number of nitrogens with zero attached hydrogens (tertiary/aromatic N) is 1. The Morgan fingerprint density at radius 2 is 1.95 bits per heavy atom. The van der Waals surface area contributed by atoms with Crippen molar-refractivity contribution in [1.82, 2.24) is 4.90 Å². The summed E-state index contributed by atoms with van der Waals surface area (Å²) in [5, 5.41) is 0. The molecule has 118 valence electrons. The third-order valence-corrected chi connectivity index (χ3v) is 5.09. The molecule has 0 amide bonds. The maximum Gasteiger partial charge on any atom is 0.123 e. The molecule has 2 rings (SSSR count). The summed E-state index contributed by atoms with van der Waals surface area (Å²) >= 11 is 0. The van der Waals surface area contributed by atoms with Gasteiger partial charge in [-0.3, -0.25) is 4.90 Å². The van der Waals surface area contributed by atoms with Crippen LogP contribution in [0.1, 0.15) is 45.1 Å². The predicted octanol–water partition coefficient (Wildman–Crippen LogP) is 3.42. The van der Waals surface area contributed by atoms with Crippen LogP contribution in [-0.2, 0) is 6.54 Å². The molecule has 1 aliphatic carbocycles. The average Bonchev–Trinajstić information content (AvgIpc) is 2.46. The summed E-state index contributed by atoms with van der Waals surface area (Å²) in [5.41, 5.74) is 7.94. The molecule has 21 heavy (non-hydrogen) atoms. The molecule has 0 aliphatic heterocycles. The number of ether oxygens (including phenoxy) is 1. The zero-order chi connectivity index (χ0) is 15.5. The van der Waals surface area contributed by atoms with Gasteiger partial charge in [-0.1, -0.05) is 38.5 Å². The second-order valence-corrected chi connectivity index (χ2v) is 7.29. The van der Waals surface area contributed by atoms with Crippen molar-refractivity contribution in [2.24, 2.45) is 11.1 Å². The molecule has 1 aromatic carbocycles. The number of hydrogen-bond acceptors (Lipinski definition) is 3. The number of para-hydroxylation sites is 1. The molecule has 1 unspecified atom stereocenters. The highest BCUT2D eigenvalue weighted by atomic mass is 16.5. The lowest BCUT2D eigenvalue weighted by molar-refractivity contribution is 0.0220. The number of rotatable bonds is 5. The molecule has 3 nitrogen and oxygen atoms in total. The lowest BCUT2D eigenvalue weighted by atomic mass is 9.67. The van der Waals surface area contributed by atoms with Crippen LogP contribution in [0.3, 0.4) is 0 Å². The van der Waals surface area contributed by atoms with E-state index in [-0.39, 0.29) is 5.54 Å². The van der Waals surface area contributed by atoms with Crippen LogP contribution in [0.15, 0.2) is 24.3 Å². The Morgan fingerprint density at radius 3 is 2.57 bits per heavy atom. The minimum absolute atomic E-state index is 0.114. The van der Waals surface area contributed by atoms with Gasteiger partial charge >= 0.3 is 0 Å². The minimum atomic E-state index is 0.114. The maximum atomic E-state index is 6.21. The van der Waals surface area contributed by atoms with Crippen molar-refractivity contribution in [2.75, 3.05) is 20.7 Å². The smallest absolute Gasteiger partial charge is 0.123 e. The molecule has 0 aromatic heterocycles. The van der Waals surface area contributed by atoms with Crippen LogP contribution in [0.25, 0.3) is 0 Å². The first-order valence-electron chi connectivity index (χ1n) is 7.96. The van der Waals surface area contributed by atoms with Gasteiger partial charge in [0.2, 0.25) is 0 Å². The molecule has 1 aromatic rings. The SMILES string of the molecule is COc1ccccc1CN(C)C1(CN)CCCC(C)(C)C1. The van der Waals surface area contributed by atoms with E-state index in [1.807, 2.05) is 12.1 Å². The van der Waals surface area contributed by atoms with Crippen molar-refractivity contribution in [3.05, 3.63) is 29.8 Å². The van der Waals surface area contributed by atoms with Gasteiger partial charge in [0.1, 0.15) is 5.75 Å². The minimum Gasteiger partial charge on any atom is -0.496 e. The molecule has 1 saturated carbocycles. The zero-order valence-corrected chi connectivity index (χ0v) is 14.0. The van der Waals surface area contributed by atoms with Gasteiger partial charge in [-0.2, -0.15) is 0 Å². The summed E-state index contributed by atoms with van der Waals surface area (Å²) in [6, 6.07) is 8.27. The fourth-order valence-electron chi connectivity index (χ4n) is 3.88. The highest BCUT2D eigenvalue weighted by molar-refractivity contribution is 5.33. The molecule has 2 N–H and O–H groups in total. The standard InChI is InChI=1S/C18H30N2O/c1-17(2)10-7-11-18(13-17,14-19)20(3)12-15-8-5-6-9-16(15)21-4/h5-6,8-9H,7,10-14,19H2,1-4H3. The van der Waals surface area contributed by atoms with Gasteiger partial charge in [-0.25, -0.2) is 0 Å². The summed E-state index contributed by atoms with van der Waals surface area (Å²) in [6.45, 7) is 6.35. The van der Waals surface area contributed by atoms with E-state index >= 15 is 0 Å². The van der Waals surface area contributed by atoms with E-state index in [0.29, 0.717) is 5.41 Å². The third-order valence-electron chi connectivity index (χ3n) is 5.09. The Balaban J connectivity index is 2.18. The van der Waals surface area contributed by atoms with Crippen LogP contribution < -0.4 is 10.5 Å². The molecule has 0 spiro atoms. The fraction of sp³-hybridized carbons (Fsp3) is 0.667. The van der Waals surface area contributed by atoms with E-state index in [9.17, 15) is 0 Å². The summed E-state index contributed by atoms with van der Waals surface area (Å²) in [6.07, 6.45) is 4.93. The topological polar surface area (TPSA) is 38.5 Å². The van der Waals surface area contributed by atoms with Gasteiger partial charge in [0.05, 0.1) is 7.11 Å². The number of hydrogen-bond donors (Lipinski definition) is 1. The van der Waals surface area contributed by atoms with Crippen molar-refractivity contribution in [2.45, 2.75) is 51.6 Å². The van der Waals surface area contributed by atoms with E-state index in [2.05, 4.69) is 37.9 Å². The summed E-state index contributed by atoms with van der Waals surface area (Å²) < 4.78 is 5.48. The number of likely N-dealkylation sites (N-methyl/N-ethyl adjacent to an activating group) is 1. The Bertz CT molecular complexity index is 472. The van der Waals surface area contributed by atoms with E-state index in [4.69, 9.17) is 10.5 Å². The van der Waals surface area contributed by atoms with Gasteiger partial charge in [-0.15, -0.1) is 0 Å². The number of benzene rings is 1. The highest BCUT2D eigenvalue weighted by Gasteiger charge is 2.41. The monoisotopic (exact) mass is 290 g/mol. The Kier molecular flexibility index (Phi) is 4.95. The second kappa shape index (κ2) is 6.37. The van der Waals surface area contributed by atoms with Crippen LogP contribution in [0.5, 0.6) is 5.75 Å². The molecule has 0 bridgehead atoms. The first kappa shape index (κ1) is 16.3. The Hall–Kier alpha value is -1.06. The first-order chi connectivity index (χ1) is 9.92. The van der Waals surface area contributed by atoms with Crippen molar-refractivity contribution >= 4 is 0 Å². The average molecular weight is 290 g/mol. The van der Waals surface area contributed by atoms with Gasteiger partial charge in [-0.05, 0) is 37.8 Å². The first-order valence-corrected chi connectivity index (χ1v) is 7.96. The van der Waals surface area contributed by atoms with Gasteiger partial charge in [0, 0.05) is 24.2 Å². The van der Waals surface area contributed by atoms with Gasteiger partial charge in [0.25, 0.3) is 0 Å². The zero-order valence-electron chi connectivity index (χ0n) is 14.0. The normalized spacial score (nSPS) is 25.0. The third kappa shape index (κ3) is 3.58. The lowest BCUT2D eigenvalue weighted by Crippen LogP contribution is -2.55. The fourth-order valence-corrected chi connectivity index (χ4v) is 3.88. The number of nitrogens with two attached hydrogens (primary N) is 1. The molecule has 1 aliphatic rings. The van der Waals surface area contributed by atoms with Crippen LogP contribution >= 0.6 is 0 Å². The van der Waals surface area contributed by atoms with Crippen LogP contribution in [0.2, 0.25) is 0 Å². The maximum absolute atomic E-state index is 6.21. The quantitative estimate of drug-likeness (QED) is 0.903. The lowest BCUT2D eigenvalue weighted by Gasteiger charge is -2.49. The second-order valence-electron chi connectivity index (χ2n) is 7.29. The molecule has 3 heteroatoms. The Morgan fingerprint density at radius 1 is 1.24 bits per heavy atom. The van der Waals surface area contributed by atoms with Gasteiger partial charge in [0.15, 0.2) is 0 Å². The van der Waals surface area contributed by atoms with Crippen LogP contribution in [0, 0.1) is 5.41 Å². The molecule has 0 saturated heterocycles. The number of methoxy groups -OCH3 is 1. The molecule has 1 fully saturated rings. The summed E-state index contributed by atoms with van der Waals surface area (Å²) in [4.78, 5) is 2.45. The molecule has 1 atom stereocenters. The molecule has 0 radical (unpaired) electrons. The molecule has 0 heterocycles. The van der Waals surface area contributed by atoms with Crippen molar-refractivity contribution in [1.29, 1.82) is 0 Å². The van der Waals surface area contributed by atoms with Crippen LogP contribution in [0.4, 0.5) is 0 Å². The van der Waals surface area contributed by atoms with E-state index in [0.717, 1.165) is 18.8 Å². The van der Waals surface area contributed by atoms with Crippen molar-refractivity contribution < 1.29 is 4.74 Å². The largest absolute Gasteiger partial charge is 0.496 e. The van der Waals surface area contributed by atoms with E-state index in [1.165, 1.54) is 31.2 Å². The van der Waals surface area contributed by atoms with E-state index in [1.54, 1.807) is 7.11 Å². The molecular formula is C18H30N2O. The van der Waals surface area contributed by atoms with Crippen molar-refractivity contribution in [3.8, 4) is 5.75 Å². The summed E-state index contributed by atoms with van der Waals surface area (Å²) in [5.74, 6) is 0.964. The van der Waals surface area contributed by atoms with Gasteiger partial charge < -0.3 is 10.5 Å².